The SMILES string of the molecule is CSc1ccc(C(C)NC(=O)CN(CCc2ccccc2)S(C)(=O)=O)cc1. The van der Waals surface area contributed by atoms with Crippen molar-refractivity contribution in [3.05, 3.63) is 65.7 Å². The first-order valence-electron chi connectivity index (χ1n) is 8.72. The Labute approximate surface area is 166 Å². The van der Waals surface area contributed by atoms with Crippen molar-refractivity contribution in [2.75, 3.05) is 25.6 Å². The summed E-state index contributed by atoms with van der Waals surface area (Å²) in [5, 5.41) is 2.88. The molecule has 1 N–H and O–H groups in total. The maximum Gasteiger partial charge on any atom is 0.235 e. The highest BCUT2D eigenvalue weighted by molar-refractivity contribution is 7.98. The van der Waals surface area contributed by atoms with E-state index in [-0.39, 0.29) is 25.0 Å². The van der Waals surface area contributed by atoms with Gasteiger partial charge < -0.3 is 5.32 Å². The Bertz CT molecular complexity index is 837. The summed E-state index contributed by atoms with van der Waals surface area (Å²) in [4.78, 5) is 13.6. The van der Waals surface area contributed by atoms with Gasteiger partial charge >= 0.3 is 0 Å². The van der Waals surface area contributed by atoms with E-state index in [2.05, 4.69) is 5.32 Å². The van der Waals surface area contributed by atoms with Gasteiger partial charge in [-0.25, -0.2) is 8.42 Å². The molecule has 0 radical (unpaired) electrons. The number of amides is 1. The summed E-state index contributed by atoms with van der Waals surface area (Å²) in [5.41, 5.74) is 2.02. The van der Waals surface area contributed by atoms with Gasteiger partial charge in [0.05, 0.1) is 18.8 Å². The van der Waals surface area contributed by atoms with Gasteiger partial charge in [0.15, 0.2) is 0 Å². The van der Waals surface area contributed by atoms with E-state index in [0.717, 1.165) is 22.3 Å². The summed E-state index contributed by atoms with van der Waals surface area (Å²) < 4.78 is 25.3. The number of nitrogens with zero attached hydrogens (tertiary/aromatic N) is 1. The Balaban J connectivity index is 1.96. The smallest absolute Gasteiger partial charge is 0.235 e. The zero-order valence-electron chi connectivity index (χ0n) is 15.9. The van der Waals surface area contributed by atoms with E-state index in [0.29, 0.717) is 6.42 Å². The minimum atomic E-state index is -3.47. The zero-order chi connectivity index (χ0) is 19.9. The van der Waals surface area contributed by atoms with Gasteiger partial charge in [-0.05, 0) is 42.9 Å². The molecule has 146 valence electrons. The third-order valence-electron chi connectivity index (χ3n) is 4.27. The van der Waals surface area contributed by atoms with Crippen molar-refractivity contribution < 1.29 is 13.2 Å². The van der Waals surface area contributed by atoms with Crippen LogP contribution in [0.4, 0.5) is 0 Å². The highest BCUT2D eigenvalue weighted by atomic mass is 32.2. The number of carbonyl (C=O) groups excluding carboxylic acids is 1. The molecule has 0 saturated carbocycles. The van der Waals surface area contributed by atoms with Gasteiger partial charge in [0.1, 0.15) is 0 Å². The fourth-order valence-corrected chi connectivity index (χ4v) is 3.87. The molecule has 0 aliphatic rings. The molecule has 0 aliphatic heterocycles. The Morgan fingerprint density at radius 3 is 2.30 bits per heavy atom. The van der Waals surface area contributed by atoms with Crippen LogP contribution in [-0.2, 0) is 21.2 Å². The van der Waals surface area contributed by atoms with E-state index < -0.39 is 10.0 Å². The number of benzene rings is 2. The second kappa shape index (κ2) is 9.92. The van der Waals surface area contributed by atoms with Crippen molar-refractivity contribution in [2.45, 2.75) is 24.3 Å². The summed E-state index contributed by atoms with van der Waals surface area (Å²) in [6.45, 7) is 1.98. The molecule has 2 aromatic rings. The molecule has 0 aliphatic carbocycles. The summed E-state index contributed by atoms with van der Waals surface area (Å²) in [6, 6.07) is 17.4. The van der Waals surface area contributed by atoms with Crippen molar-refractivity contribution in [3.63, 3.8) is 0 Å². The minimum Gasteiger partial charge on any atom is -0.348 e. The predicted octanol–water partition coefficient (Wildman–Crippen LogP) is 3.09. The average molecular weight is 407 g/mol. The van der Waals surface area contributed by atoms with Crippen molar-refractivity contribution in [1.29, 1.82) is 0 Å². The van der Waals surface area contributed by atoms with Crippen LogP contribution in [0.3, 0.4) is 0 Å². The van der Waals surface area contributed by atoms with Gasteiger partial charge in [-0.3, -0.25) is 4.79 Å². The number of hydrogen-bond donors (Lipinski definition) is 1. The Hall–Kier alpha value is -1.83. The molecule has 0 aromatic heterocycles. The van der Waals surface area contributed by atoms with Gasteiger partial charge in [0.25, 0.3) is 0 Å². The molecular formula is C20H26N2O3S2. The van der Waals surface area contributed by atoms with Gasteiger partial charge in [0.2, 0.25) is 15.9 Å². The molecule has 2 aromatic carbocycles. The predicted molar refractivity (Wildman–Crippen MR) is 111 cm³/mol. The maximum absolute atomic E-state index is 12.4. The van der Waals surface area contributed by atoms with Gasteiger partial charge in [-0.15, -0.1) is 11.8 Å². The number of hydrogen-bond acceptors (Lipinski definition) is 4. The van der Waals surface area contributed by atoms with Crippen LogP contribution in [0.25, 0.3) is 0 Å². The molecule has 0 spiro atoms. The maximum atomic E-state index is 12.4. The van der Waals surface area contributed by atoms with Gasteiger partial charge in [0, 0.05) is 11.4 Å². The second-order valence-corrected chi connectivity index (χ2v) is 9.26. The third-order valence-corrected chi connectivity index (χ3v) is 6.27. The topological polar surface area (TPSA) is 66.5 Å². The minimum absolute atomic E-state index is 0.182. The number of rotatable bonds is 9. The quantitative estimate of drug-likeness (QED) is 0.650. The number of nitrogens with one attached hydrogen (secondary N) is 1. The Morgan fingerprint density at radius 2 is 1.74 bits per heavy atom. The van der Waals surface area contributed by atoms with Crippen LogP contribution in [0.15, 0.2) is 59.5 Å². The van der Waals surface area contributed by atoms with E-state index in [1.54, 1.807) is 11.8 Å². The molecule has 0 bridgehead atoms. The number of thioether (sulfide) groups is 1. The summed E-state index contributed by atoms with van der Waals surface area (Å²) >= 11 is 1.66. The standard InChI is InChI=1S/C20H26N2O3S2/c1-16(18-9-11-19(26-2)12-10-18)21-20(23)15-22(27(3,24)25)14-13-17-7-5-4-6-8-17/h4-12,16H,13-15H2,1-3H3,(H,21,23). The molecule has 27 heavy (non-hydrogen) atoms. The van der Waals surface area contributed by atoms with E-state index in [1.165, 1.54) is 4.31 Å². The van der Waals surface area contributed by atoms with Crippen LogP contribution in [-0.4, -0.2) is 44.2 Å². The average Bonchev–Trinajstić information content (AvgIpc) is 2.65. The van der Waals surface area contributed by atoms with Crippen molar-refractivity contribution in [2.24, 2.45) is 0 Å². The summed E-state index contributed by atoms with van der Waals surface area (Å²) in [7, 11) is -3.47. The lowest BCUT2D eigenvalue weighted by molar-refractivity contribution is -0.121. The van der Waals surface area contributed by atoms with E-state index in [9.17, 15) is 13.2 Å². The van der Waals surface area contributed by atoms with Crippen LogP contribution in [0.2, 0.25) is 0 Å². The zero-order valence-corrected chi connectivity index (χ0v) is 17.5. The van der Waals surface area contributed by atoms with Crippen LogP contribution < -0.4 is 5.32 Å². The lowest BCUT2D eigenvalue weighted by atomic mass is 10.1. The first-order valence-corrected chi connectivity index (χ1v) is 11.8. The van der Waals surface area contributed by atoms with Crippen molar-refractivity contribution in [3.8, 4) is 0 Å². The summed E-state index contributed by atoms with van der Waals surface area (Å²) in [6.07, 6.45) is 3.71. The lowest BCUT2D eigenvalue weighted by Gasteiger charge is -2.21. The molecule has 2 rings (SSSR count). The normalized spacial score (nSPS) is 12.7. The summed E-state index contributed by atoms with van der Waals surface area (Å²) in [5.74, 6) is -0.310. The number of carbonyl (C=O) groups is 1. The Kier molecular flexibility index (Phi) is 7.89. The molecule has 5 nitrogen and oxygen atoms in total. The molecule has 1 amide bonds. The second-order valence-electron chi connectivity index (χ2n) is 6.39. The van der Waals surface area contributed by atoms with E-state index >= 15 is 0 Å². The molecule has 0 fully saturated rings. The first-order chi connectivity index (χ1) is 12.8. The molecule has 7 heteroatoms. The van der Waals surface area contributed by atoms with Crippen molar-refractivity contribution in [1.82, 2.24) is 9.62 Å². The monoisotopic (exact) mass is 406 g/mol. The fraction of sp³-hybridized carbons (Fsp3) is 0.350. The molecule has 1 unspecified atom stereocenters. The van der Waals surface area contributed by atoms with Crippen LogP contribution in [0, 0.1) is 0 Å². The van der Waals surface area contributed by atoms with Crippen molar-refractivity contribution >= 4 is 27.7 Å². The molecular weight excluding hydrogens is 380 g/mol. The van der Waals surface area contributed by atoms with Crippen LogP contribution >= 0.6 is 11.8 Å². The highest BCUT2D eigenvalue weighted by Gasteiger charge is 2.21. The van der Waals surface area contributed by atoms with E-state index in [4.69, 9.17) is 0 Å². The third kappa shape index (κ3) is 7.01. The molecule has 1 atom stereocenters. The first kappa shape index (κ1) is 21.5. The molecule has 0 heterocycles. The highest BCUT2D eigenvalue weighted by Crippen LogP contribution is 2.19. The number of sulfonamides is 1. The Morgan fingerprint density at radius 1 is 1.11 bits per heavy atom. The van der Waals surface area contributed by atoms with Crippen LogP contribution in [0.5, 0.6) is 0 Å². The van der Waals surface area contributed by atoms with Gasteiger partial charge in [-0.2, -0.15) is 4.31 Å². The van der Waals surface area contributed by atoms with E-state index in [1.807, 2.05) is 67.8 Å². The molecule has 0 saturated heterocycles. The lowest BCUT2D eigenvalue weighted by Crippen LogP contribution is -2.41. The van der Waals surface area contributed by atoms with Crippen LogP contribution in [0.1, 0.15) is 24.1 Å². The fourth-order valence-electron chi connectivity index (χ4n) is 2.68. The van der Waals surface area contributed by atoms with Gasteiger partial charge in [-0.1, -0.05) is 42.5 Å². The largest absolute Gasteiger partial charge is 0.348 e.